The third-order valence-electron chi connectivity index (χ3n) is 3.07. The van der Waals surface area contributed by atoms with Gasteiger partial charge in [-0.3, -0.25) is 9.59 Å². The molecule has 0 aromatic carbocycles. The Balaban J connectivity index is 2.48. The zero-order chi connectivity index (χ0) is 14.4. The minimum atomic E-state index is -0.933. The molecule has 0 aliphatic carbocycles. The highest BCUT2D eigenvalue weighted by Crippen LogP contribution is 2.14. The van der Waals surface area contributed by atoms with E-state index in [1.807, 2.05) is 24.4 Å². The molecule has 19 heavy (non-hydrogen) atoms. The van der Waals surface area contributed by atoms with Crippen molar-refractivity contribution in [3.63, 3.8) is 0 Å². The van der Waals surface area contributed by atoms with Crippen LogP contribution >= 0.6 is 11.3 Å². The Hall–Kier alpha value is -1.40. The van der Waals surface area contributed by atoms with E-state index in [-0.39, 0.29) is 24.8 Å². The first kappa shape index (κ1) is 15.7. The summed E-state index contributed by atoms with van der Waals surface area (Å²) in [6, 6.07) is 3.31. The summed E-state index contributed by atoms with van der Waals surface area (Å²) in [6.45, 7) is 1.96. The average molecular weight is 284 g/mol. The largest absolute Gasteiger partial charge is 0.481 e. The highest BCUT2D eigenvalue weighted by molar-refractivity contribution is 7.09. The first-order valence-corrected chi connectivity index (χ1v) is 7.06. The fraction of sp³-hybridized carbons (Fsp3) is 0.538. The second kappa shape index (κ2) is 7.25. The number of carboxylic acid groups (broad SMARTS) is 1. The van der Waals surface area contributed by atoms with Gasteiger partial charge in [0.25, 0.3) is 0 Å². The van der Waals surface area contributed by atoms with Gasteiger partial charge in [-0.25, -0.2) is 0 Å². The van der Waals surface area contributed by atoms with Crippen molar-refractivity contribution in [2.75, 3.05) is 7.05 Å². The lowest BCUT2D eigenvalue weighted by atomic mass is 10.1. The van der Waals surface area contributed by atoms with Gasteiger partial charge in [0.1, 0.15) is 0 Å². The van der Waals surface area contributed by atoms with Crippen LogP contribution < -0.4 is 5.73 Å². The topological polar surface area (TPSA) is 83.6 Å². The minimum Gasteiger partial charge on any atom is -0.481 e. The molecule has 2 unspecified atom stereocenters. The zero-order valence-electron chi connectivity index (χ0n) is 11.2. The lowest BCUT2D eigenvalue weighted by Crippen LogP contribution is -2.46. The molecule has 1 heterocycles. The molecule has 0 aliphatic rings. The lowest BCUT2D eigenvalue weighted by molar-refractivity contribution is -0.137. The van der Waals surface area contributed by atoms with Gasteiger partial charge in [0, 0.05) is 30.8 Å². The monoisotopic (exact) mass is 284 g/mol. The number of hydrogen-bond acceptors (Lipinski definition) is 4. The summed E-state index contributed by atoms with van der Waals surface area (Å²) in [5, 5.41) is 10.6. The molecule has 0 bridgehead atoms. The van der Waals surface area contributed by atoms with E-state index >= 15 is 0 Å². The number of nitrogens with zero attached hydrogens (tertiary/aromatic N) is 1. The van der Waals surface area contributed by atoms with Crippen LogP contribution in [0.3, 0.4) is 0 Å². The van der Waals surface area contributed by atoms with Crippen molar-refractivity contribution in [2.24, 2.45) is 5.73 Å². The van der Waals surface area contributed by atoms with Crippen molar-refractivity contribution in [1.82, 2.24) is 4.90 Å². The number of likely N-dealkylation sites (N-methyl/N-ethyl adjacent to an activating group) is 1. The van der Waals surface area contributed by atoms with Crippen molar-refractivity contribution in [3.8, 4) is 0 Å². The van der Waals surface area contributed by atoms with Crippen LogP contribution in [0.1, 0.15) is 24.6 Å². The fourth-order valence-electron chi connectivity index (χ4n) is 1.74. The van der Waals surface area contributed by atoms with E-state index in [0.29, 0.717) is 0 Å². The third kappa shape index (κ3) is 5.00. The average Bonchev–Trinajstić information content (AvgIpc) is 2.86. The predicted octanol–water partition coefficient (Wildman–Crippen LogP) is 1.33. The third-order valence-corrected chi connectivity index (χ3v) is 3.97. The molecule has 1 rings (SSSR count). The van der Waals surface area contributed by atoms with Gasteiger partial charge < -0.3 is 15.7 Å². The van der Waals surface area contributed by atoms with Crippen LogP contribution in [0.2, 0.25) is 0 Å². The molecule has 1 aromatic rings. The number of thiophene rings is 1. The van der Waals surface area contributed by atoms with Gasteiger partial charge in [-0.1, -0.05) is 6.07 Å². The van der Waals surface area contributed by atoms with E-state index in [1.165, 1.54) is 4.88 Å². The molecule has 0 aliphatic heterocycles. The molecule has 5 nitrogen and oxygen atoms in total. The molecule has 0 saturated carbocycles. The molecular weight excluding hydrogens is 264 g/mol. The maximum absolute atomic E-state index is 12.0. The number of rotatable bonds is 7. The van der Waals surface area contributed by atoms with Gasteiger partial charge in [-0.15, -0.1) is 11.3 Å². The van der Waals surface area contributed by atoms with Crippen LogP contribution in [0.5, 0.6) is 0 Å². The predicted molar refractivity (Wildman–Crippen MR) is 75.1 cm³/mol. The van der Waals surface area contributed by atoms with Crippen LogP contribution in [0, 0.1) is 0 Å². The Kier molecular flexibility index (Phi) is 5.98. The van der Waals surface area contributed by atoms with E-state index in [0.717, 1.165) is 6.42 Å². The maximum Gasteiger partial charge on any atom is 0.303 e. The Bertz CT molecular complexity index is 420. The Morgan fingerprint density at radius 1 is 1.53 bits per heavy atom. The first-order valence-electron chi connectivity index (χ1n) is 6.18. The van der Waals surface area contributed by atoms with Gasteiger partial charge in [-0.2, -0.15) is 0 Å². The molecule has 3 N–H and O–H groups in total. The number of carbonyl (C=O) groups is 2. The number of amides is 1. The molecule has 1 aromatic heterocycles. The van der Waals surface area contributed by atoms with Gasteiger partial charge in [-0.05, 0) is 24.8 Å². The molecule has 106 valence electrons. The molecule has 0 saturated heterocycles. The van der Waals surface area contributed by atoms with Crippen LogP contribution in [0.25, 0.3) is 0 Å². The minimum absolute atomic E-state index is 0.0435. The summed E-state index contributed by atoms with van der Waals surface area (Å²) < 4.78 is 0. The van der Waals surface area contributed by atoms with Crippen molar-refractivity contribution in [1.29, 1.82) is 0 Å². The Morgan fingerprint density at radius 2 is 2.21 bits per heavy atom. The second-order valence-corrected chi connectivity index (χ2v) is 5.65. The van der Waals surface area contributed by atoms with Crippen LogP contribution in [0.15, 0.2) is 17.5 Å². The molecule has 0 radical (unpaired) electrons. The zero-order valence-corrected chi connectivity index (χ0v) is 12.0. The number of carboxylic acids is 1. The van der Waals surface area contributed by atoms with Gasteiger partial charge in [0.05, 0.1) is 6.04 Å². The quantitative estimate of drug-likeness (QED) is 0.791. The standard InChI is InChI=1S/C13H20N2O3S/c1-9(8-10-4-3-7-19-10)15(2)13(18)11(14)5-6-12(16)17/h3-4,7,9,11H,5-6,8,14H2,1-2H3,(H,16,17). The van der Waals surface area contributed by atoms with Gasteiger partial charge in [0.15, 0.2) is 0 Å². The molecule has 1 amide bonds. The molecule has 0 fully saturated rings. The maximum atomic E-state index is 12.0. The summed E-state index contributed by atoms with van der Waals surface area (Å²) in [5.74, 6) is -1.14. The van der Waals surface area contributed by atoms with Crippen LogP contribution in [-0.4, -0.2) is 41.0 Å². The van der Waals surface area contributed by atoms with E-state index < -0.39 is 12.0 Å². The summed E-state index contributed by atoms with van der Waals surface area (Å²) in [5.41, 5.74) is 5.73. The summed E-state index contributed by atoms with van der Waals surface area (Å²) in [6.07, 6.45) is 0.871. The number of nitrogens with two attached hydrogens (primary N) is 1. The highest BCUT2D eigenvalue weighted by atomic mass is 32.1. The number of aliphatic carboxylic acids is 1. The Labute approximate surface area is 117 Å². The van der Waals surface area contributed by atoms with Crippen LogP contribution in [-0.2, 0) is 16.0 Å². The summed E-state index contributed by atoms with van der Waals surface area (Å²) >= 11 is 1.66. The normalized spacial score (nSPS) is 13.8. The molecular formula is C13H20N2O3S. The Morgan fingerprint density at radius 3 is 2.74 bits per heavy atom. The van der Waals surface area contributed by atoms with Crippen molar-refractivity contribution < 1.29 is 14.7 Å². The van der Waals surface area contributed by atoms with Crippen LogP contribution in [0.4, 0.5) is 0 Å². The van der Waals surface area contributed by atoms with Crippen molar-refractivity contribution in [3.05, 3.63) is 22.4 Å². The fourth-order valence-corrected chi connectivity index (χ4v) is 2.56. The summed E-state index contributed by atoms with van der Waals surface area (Å²) in [4.78, 5) is 25.3. The smallest absolute Gasteiger partial charge is 0.303 e. The van der Waals surface area contributed by atoms with Gasteiger partial charge in [0.2, 0.25) is 5.91 Å². The highest BCUT2D eigenvalue weighted by Gasteiger charge is 2.22. The van der Waals surface area contributed by atoms with E-state index in [4.69, 9.17) is 10.8 Å². The lowest BCUT2D eigenvalue weighted by Gasteiger charge is -2.27. The van der Waals surface area contributed by atoms with E-state index in [1.54, 1.807) is 23.3 Å². The molecule has 0 spiro atoms. The molecule has 6 heteroatoms. The van der Waals surface area contributed by atoms with Crippen molar-refractivity contribution in [2.45, 2.75) is 38.3 Å². The number of hydrogen-bond donors (Lipinski definition) is 2. The van der Waals surface area contributed by atoms with Gasteiger partial charge >= 0.3 is 5.97 Å². The van der Waals surface area contributed by atoms with Crippen molar-refractivity contribution >= 4 is 23.2 Å². The number of carbonyl (C=O) groups excluding carboxylic acids is 1. The van der Waals surface area contributed by atoms with E-state index in [2.05, 4.69) is 0 Å². The second-order valence-electron chi connectivity index (χ2n) is 4.62. The SMILES string of the molecule is CC(Cc1cccs1)N(C)C(=O)C(N)CCC(=O)O. The van der Waals surface area contributed by atoms with E-state index in [9.17, 15) is 9.59 Å². The molecule has 2 atom stereocenters. The summed E-state index contributed by atoms with van der Waals surface area (Å²) in [7, 11) is 1.71. The first-order chi connectivity index (χ1) is 8.91.